The highest BCUT2D eigenvalue weighted by Gasteiger charge is 2.38. The number of likely N-dealkylation sites (tertiary alicyclic amines) is 1. The van der Waals surface area contributed by atoms with Gasteiger partial charge in [-0.3, -0.25) is 4.79 Å². The van der Waals surface area contributed by atoms with Crippen LogP contribution in [-0.4, -0.2) is 54.2 Å². The van der Waals surface area contributed by atoms with Crippen LogP contribution in [0.5, 0.6) is 0 Å². The SMILES string of the molecule is CN[C@H]1CCN(C(=O)C2CC2)C1.O=C(O)C(F)(F)F. The molecule has 2 rings (SSSR count). The van der Waals surface area contributed by atoms with Crippen molar-refractivity contribution in [2.24, 2.45) is 5.92 Å². The van der Waals surface area contributed by atoms with Crippen LogP contribution in [0.1, 0.15) is 19.3 Å². The summed E-state index contributed by atoms with van der Waals surface area (Å²) in [7, 11) is 1.97. The Bertz CT molecular complexity index is 343. The molecule has 5 nitrogen and oxygen atoms in total. The van der Waals surface area contributed by atoms with Crippen LogP contribution in [0.2, 0.25) is 0 Å². The van der Waals surface area contributed by atoms with E-state index < -0.39 is 12.1 Å². The lowest BCUT2D eigenvalue weighted by atomic mass is 10.3. The van der Waals surface area contributed by atoms with Gasteiger partial charge in [-0.15, -0.1) is 0 Å². The molecule has 0 unspecified atom stereocenters. The molecule has 1 heterocycles. The monoisotopic (exact) mass is 282 g/mol. The van der Waals surface area contributed by atoms with Gasteiger partial charge in [0, 0.05) is 25.0 Å². The number of carbonyl (C=O) groups is 2. The summed E-state index contributed by atoms with van der Waals surface area (Å²) in [6, 6.07) is 0.535. The van der Waals surface area contributed by atoms with Crippen molar-refractivity contribution in [1.82, 2.24) is 10.2 Å². The molecular weight excluding hydrogens is 265 g/mol. The number of amides is 1. The third-order valence-corrected chi connectivity index (χ3v) is 3.08. The first kappa shape index (κ1) is 15.7. The van der Waals surface area contributed by atoms with Gasteiger partial charge in [0.25, 0.3) is 0 Å². The largest absolute Gasteiger partial charge is 0.490 e. The van der Waals surface area contributed by atoms with Crippen molar-refractivity contribution in [2.75, 3.05) is 20.1 Å². The fourth-order valence-corrected chi connectivity index (χ4v) is 1.78. The van der Waals surface area contributed by atoms with Crippen LogP contribution in [0.4, 0.5) is 13.2 Å². The number of alkyl halides is 3. The Labute approximate surface area is 108 Å². The number of carboxylic acids is 1. The zero-order valence-corrected chi connectivity index (χ0v) is 10.5. The number of hydrogen-bond acceptors (Lipinski definition) is 3. The van der Waals surface area contributed by atoms with Crippen LogP contribution < -0.4 is 5.32 Å². The maximum Gasteiger partial charge on any atom is 0.490 e. The molecule has 1 aliphatic heterocycles. The summed E-state index contributed by atoms with van der Waals surface area (Å²) in [6.07, 6.45) is -1.71. The van der Waals surface area contributed by atoms with E-state index in [2.05, 4.69) is 5.32 Å². The number of halogens is 3. The third kappa shape index (κ3) is 5.06. The van der Waals surface area contributed by atoms with Crippen LogP contribution in [-0.2, 0) is 9.59 Å². The molecule has 0 aromatic heterocycles. The van der Waals surface area contributed by atoms with Gasteiger partial charge in [-0.2, -0.15) is 13.2 Å². The molecule has 1 aliphatic carbocycles. The predicted molar refractivity (Wildman–Crippen MR) is 60.5 cm³/mol. The van der Waals surface area contributed by atoms with Gasteiger partial charge in [0.2, 0.25) is 5.91 Å². The minimum atomic E-state index is -5.08. The highest BCUT2D eigenvalue weighted by atomic mass is 19.4. The number of likely N-dealkylation sites (N-methyl/N-ethyl adjacent to an activating group) is 1. The van der Waals surface area contributed by atoms with Gasteiger partial charge in [0.05, 0.1) is 0 Å². The number of nitrogens with zero attached hydrogens (tertiary/aromatic N) is 1. The van der Waals surface area contributed by atoms with Gasteiger partial charge in [0.1, 0.15) is 0 Å². The maximum absolute atomic E-state index is 11.6. The van der Waals surface area contributed by atoms with Gasteiger partial charge in [-0.1, -0.05) is 0 Å². The van der Waals surface area contributed by atoms with E-state index in [1.807, 2.05) is 11.9 Å². The normalized spacial score (nSPS) is 22.7. The average Bonchev–Trinajstić information content (AvgIpc) is 3.05. The summed E-state index contributed by atoms with van der Waals surface area (Å²) >= 11 is 0. The Morgan fingerprint density at radius 2 is 1.79 bits per heavy atom. The van der Waals surface area contributed by atoms with Crippen LogP contribution in [0.3, 0.4) is 0 Å². The van der Waals surface area contributed by atoms with Crippen molar-refractivity contribution in [3.63, 3.8) is 0 Å². The minimum absolute atomic E-state index is 0.389. The van der Waals surface area contributed by atoms with E-state index in [1.165, 1.54) is 0 Å². The first-order chi connectivity index (χ1) is 8.75. The molecule has 0 bridgehead atoms. The molecule has 1 saturated carbocycles. The Balaban J connectivity index is 0.000000224. The molecule has 1 saturated heterocycles. The van der Waals surface area contributed by atoms with Crippen LogP contribution in [0.15, 0.2) is 0 Å². The zero-order valence-electron chi connectivity index (χ0n) is 10.5. The van der Waals surface area contributed by atoms with E-state index in [9.17, 15) is 18.0 Å². The molecule has 19 heavy (non-hydrogen) atoms. The minimum Gasteiger partial charge on any atom is -0.475 e. The summed E-state index contributed by atoms with van der Waals surface area (Å²) in [5.41, 5.74) is 0. The summed E-state index contributed by atoms with van der Waals surface area (Å²) < 4.78 is 31.7. The third-order valence-electron chi connectivity index (χ3n) is 3.08. The predicted octanol–water partition coefficient (Wildman–Crippen LogP) is 0.850. The van der Waals surface area contributed by atoms with E-state index in [4.69, 9.17) is 9.90 Å². The Kier molecular flexibility index (Phi) is 5.16. The van der Waals surface area contributed by atoms with Crippen molar-refractivity contribution < 1.29 is 27.9 Å². The second kappa shape index (κ2) is 6.23. The molecule has 0 aromatic rings. The second-order valence-electron chi connectivity index (χ2n) is 4.64. The van der Waals surface area contributed by atoms with Gasteiger partial charge >= 0.3 is 12.1 Å². The lowest BCUT2D eigenvalue weighted by Gasteiger charge is -2.15. The fourth-order valence-electron chi connectivity index (χ4n) is 1.78. The van der Waals surface area contributed by atoms with Crippen molar-refractivity contribution >= 4 is 11.9 Å². The first-order valence-corrected chi connectivity index (χ1v) is 6.02. The Hall–Kier alpha value is -1.31. The standard InChI is InChI=1S/C9H16N2O.C2HF3O2/c1-10-8-4-5-11(6-8)9(12)7-2-3-7;3-2(4,5)1(6)7/h7-8,10H,2-6H2,1H3;(H,6,7)/t8-;/m0./s1. The summed E-state index contributed by atoms with van der Waals surface area (Å²) in [5, 5.41) is 10.3. The number of carboxylic acid groups (broad SMARTS) is 1. The van der Waals surface area contributed by atoms with E-state index >= 15 is 0 Å². The smallest absolute Gasteiger partial charge is 0.475 e. The molecular formula is C11H17F3N2O3. The van der Waals surface area contributed by atoms with Gasteiger partial charge < -0.3 is 15.3 Å². The lowest BCUT2D eigenvalue weighted by Crippen LogP contribution is -2.34. The maximum atomic E-state index is 11.6. The quantitative estimate of drug-likeness (QED) is 0.788. The molecule has 2 fully saturated rings. The number of rotatable bonds is 2. The second-order valence-corrected chi connectivity index (χ2v) is 4.64. The number of aliphatic carboxylic acids is 1. The van der Waals surface area contributed by atoms with Crippen LogP contribution in [0.25, 0.3) is 0 Å². The molecule has 2 aliphatic rings. The van der Waals surface area contributed by atoms with E-state index in [-0.39, 0.29) is 0 Å². The fraction of sp³-hybridized carbons (Fsp3) is 0.818. The number of hydrogen-bond donors (Lipinski definition) is 2. The molecule has 110 valence electrons. The zero-order chi connectivity index (χ0) is 14.6. The van der Waals surface area contributed by atoms with Crippen LogP contribution >= 0.6 is 0 Å². The van der Waals surface area contributed by atoms with Gasteiger partial charge in [-0.05, 0) is 26.3 Å². The molecule has 0 aromatic carbocycles. The highest BCUT2D eigenvalue weighted by Crippen LogP contribution is 2.32. The topological polar surface area (TPSA) is 69.6 Å². The van der Waals surface area contributed by atoms with Crippen molar-refractivity contribution in [3.8, 4) is 0 Å². The first-order valence-electron chi connectivity index (χ1n) is 6.02. The molecule has 0 radical (unpaired) electrons. The van der Waals surface area contributed by atoms with Gasteiger partial charge in [-0.25, -0.2) is 4.79 Å². The molecule has 1 amide bonds. The number of carbonyl (C=O) groups excluding carboxylic acids is 1. The van der Waals surface area contributed by atoms with Crippen molar-refractivity contribution in [2.45, 2.75) is 31.5 Å². The van der Waals surface area contributed by atoms with E-state index in [0.29, 0.717) is 17.9 Å². The van der Waals surface area contributed by atoms with E-state index in [0.717, 1.165) is 32.4 Å². The summed E-state index contributed by atoms with van der Waals surface area (Å²) in [4.78, 5) is 22.5. The van der Waals surface area contributed by atoms with Gasteiger partial charge in [0.15, 0.2) is 0 Å². The Morgan fingerprint density at radius 1 is 1.26 bits per heavy atom. The molecule has 8 heteroatoms. The molecule has 0 spiro atoms. The summed E-state index contributed by atoms with van der Waals surface area (Å²) in [5.74, 6) is -1.97. The molecule has 1 atom stereocenters. The van der Waals surface area contributed by atoms with Crippen molar-refractivity contribution in [3.05, 3.63) is 0 Å². The highest BCUT2D eigenvalue weighted by molar-refractivity contribution is 5.81. The van der Waals surface area contributed by atoms with Crippen molar-refractivity contribution in [1.29, 1.82) is 0 Å². The average molecular weight is 282 g/mol. The Morgan fingerprint density at radius 3 is 2.11 bits per heavy atom. The number of nitrogens with one attached hydrogen (secondary N) is 1. The van der Waals surface area contributed by atoms with Crippen LogP contribution in [0, 0.1) is 5.92 Å². The molecule has 2 N–H and O–H groups in total. The lowest BCUT2D eigenvalue weighted by molar-refractivity contribution is -0.192. The summed E-state index contributed by atoms with van der Waals surface area (Å²) in [6.45, 7) is 1.88. The van der Waals surface area contributed by atoms with E-state index in [1.54, 1.807) is 0 Å².